The van der Waals surface area contributed by atoms with Gasteiger partial charge in [0.15, 0.2) is 0 Å². The van der Waals surface area contributed by atoms with Crippen LogP contribution in [0.5, 0.6) is 0 Å². The maximum atomic E-state index is 11.6. The minimum atomic E-state index is -0.444. The minimum absolute atomic E-state index is 0.0520. The van der Waals surface area contributed by atoms with E-state index in [4.69, 9.17) is 4.74 Å². The van der Waals surface area contributed by atoms with E-state index in [1.807, 2.05) is 6.92 Å². The molecule has 5 heteroatoms. The third-order valence-corrected chi connectivity index (χ3v) is 2.41. The molecule has 1 heterocycles. The molecule has 0 radical (unpaired) electrons. The summed E-state index contributed by atoms with van der Waals surface area (Å²) in [6, 6.07) is 0. The molecule has 0 aromatic carbocycles. The lowest BCUT2D eigenvalue weighted by Gasteiger charge is -2.12. The largest absolute Gasteiger partial charge is 0.460 e. The number of carbonyl (C=O) groups excluding carboxylic acids is 2. The van der Waals surface area contributed by atoms with Crippen molar-refractivity contribution in [3.63, 3.8) is 0 Å². The van der Waals surface area contributed by atoms with E-state index in [-0.39, 0.29) is 18.4 Å². The van der Waals surface area contributed by atoms with Gasteiger partial charge in [0, 0.05) is 11.3 Å². The van der Waals surface area contributed by atoms with Gasteiger partial charge >= 0.3 is 5.97 Å². The van der Waals surface area contributed by atoms with E-state index >= 15 is 0 Å². The average Bonchev–Trinajstić information content (AvgIpc) is 2.46. The summed E-state index contributed by atoms with van der Waals surface area (Å²) in [6.07, 6.45) is 0. The Morgan fingerprint density at radius 2 is 2.25 bits per heavy atom. The molecule has 0 aliphatic carbocycles. The number of ether oxygens (including phenoxy) is 1. The zero-order valence-corrected chi connectivity index (χ0v) is 9.82. The van der Waals surface area contributed by atoms with Gasteiger partial charge in [-0.1, -0.05) is 6.58 Å². The molecule has 0 aromatic heterocycles. The lowest BCUT2D eigenvalue weighted by atomic mass is 10.1. The molecule has 0 bridgehead atoms. The van der Waals surface area contributed by atoms with Crippen LogP contribution in [0.25, 0.3) is 0 Å². The highest BCUT2D eigenvalue weighted by molar-refractivity contribution is 6.06. The zero-order chi connectivity index (χ0) is 12.3. The monoisotopic (exact) mass is 224 g/mol. The summed E-state index contributed by atoms with van der Waals surface area (Å²) in [6.45, 7) is 9.08. The number of hydrogen-bond acceptors (Lipinski definition) is 4. The molecule has 1 aliphatic rings. The fourth-order valence-electron chi connectivity index (χ4n) is 1.24. The Hall–Kier alpha value is -1.65. The molecule has 16 heavy (non-hydrogen) atoms. The van der Waals surface area contributed by atoms with Gasteiger partial charge in [-0.3, -0.25) is 4.79 Å². The van der Waals surface area contributed by atoms with Crippen molar-refractivity contribution in [3.05, 3.63) is 12.2 Å². The molecule has 1 rings (SSSR count). The molecule has 5 nitrogen and oxygen atoms in total. The second kappa shape index (κ2) is 4.92. The number of rotatable bonds is 4. The summed E-state index contributed by atoms with van der Waals surface area (Å²) in [7, 11) is 0. The lowest BCUT2D eigenvalue weighted by Crippen LogP contribution is -2.29. The van der Waals surface area contributed by atoms with Crippen LogP contribution in [0.2, 0.25) is 0 Å². The summed E-state index contributed by atoms with van der Waals surface area (Å²) >= 11 is 0. The highest BCUT2D eigenvalue weighted by atomic mass is 16.5. The van der Waals surface area contributed by atoms with Crippen molar-refractivity contribution in [2.75, 3.05) is 13.2 Å². The molecule has 0 N–H and O–H groups in total. The number of amides is 1. The van der Waals surface area contributed by atoms with E-state index < -0.39 is 5.97 Å². The molecule has 88 valence electrons. The maximum absolute atomic E-state index is 11.6. The molecule has 0 saturated carbocycles. The van der Waals surface area contributed by atoms with Crippen molar-refractivity contribution in [3.8, 4) is 0 Å². The standard InChI is InChI=1S/C11H16N2O3/c1-7(2)11(15)16-6-5-13-10(14)8(3)9(4)12-13/h8H,1,5-6H2,2-4H3. The van der Waals surface area contributed by atoms with Gasteiger partial charge in [-0.15, -0.1) is 0 Å². The van der Waals surface area contributed by atoms with Crippen molar-refractivity contribution in [1.29, 1.82) is 0 Å². The number of nitrogens with zero attached hydrogens (tertiary/aromatic N) is 2. The maximum Gasteiger partial charge on any atom is 0.333 e. The van der Waals surface area contributed by atoms with Gasteiger partial charge in [0.05, 0.1) is 12.5 Å². The van der Waals surface area contributed by atoms with Crippen molar-refractivity contribution >= 4 is 17.6 Å². The molecule has 1 amide bonds. The Kier molecular flexibility index (Phi) is 3.82. The summed E-state index contributed by atoms with van der Waals surface area (Å²) in [4.78, 5) is 22.6. The first-order valence-electron chi connectivity index (χ1n) is 5.12. The highest BCUT2D eigenvalue weighted by Gasteiger charge is 2.29. The van der Waals surface area contributed by atoms with Crippen LogP contribution in [0, 0.1) is 5.92 Å². The summed E-state index contributed by atoms with van der Waals surface area (Å²) in [5.41, 5.74) is 1.14. The van der Waals surface area contributed by atoms with Crippen LogP contribution in [-0.4, -0.2) is 35.7 Å². The molecule has 1 unspecified atom stereocenters. The van der Waals surface area contributed by atoms with Crippen molar-refractivity contribution in [1.82, 2.24) is 5.01 Å². The summed E-state index contributed by atoms with van der Waals surface area (Å²) in [5, 5.41) is 5.42. The number of carbonyl (C=O) groups is 2. The predicted octanol–water partition coefficient (Wildman–Crippen LogP) is 0.960. The lowest BCUT2D eigenvalue weighted by molar-refractivity contribution is -0.141. The van der Waals surface area contributed by atoms with Crippen LogP contribution < -0.4 is 0 Å². The zero-order valence-electron chi connectivity index (χ0n) is 9.82. The van der Waals surface area contributed by atoms with E-state index in [1.165, 1.54) is 5.01 Å². The van der Waals surface area contributed by atoms with Gasteiger partial charge in [-0.2, -0.15) is 5.10 Å². The molecule has 1 atom stereocenters. The second-order valence-corrected chi connectivity index (χ2v) is 3.84. The molecule has 0 aromatic rings. The number of hydrogen-bond donors (Lipinski definition) is 0. The molecule has 0 saturated heterocycles. The van der Waals surface area contributed by atoms with Crippen LogP contribution in [-0.2, 0) is 14.3 Å². The molecular formula is C11H16N2O3. The highest BCUT2D eigenvalue weighted by Crippen LogP contribution is 2.14. The first-order valence-corrected chi connectivity index (χ1v) is 5.12. The van der Waals surface area contributed by atoms with Gasteiger partial charge in [0.25, 0.3) is 5.91 Å². The summed E-state index contributed by atoms with van der Waals surface area (Å²) in [5.74, 6) is -0.666. The van der Waals surface area contributed by atoms with E-state index in [9.17, 15) is 9.59 Å². The fourth-order valence-corrected chi connectivity index (χ4v) is 1.24. The van der Waals surface area contributed by atoms with E-state index in [2.05, 4.69) is 11.7 Å². The normalized spacial score (nSPS) is 19.7. The Morgan fingerprint density at radius 3 is 2.69 bits per heavy atom. The number of esters is 1. The van der Waals surface area contributed by atoms with Gasteiger partial charge in [0.2, 0.25) is 0 Å². The van der Waals surface area contributed by atoms with Gasteiger partial charge in [0.1, 0.15) is 6.61 Å². The first-order chi connectivity index (χ1) is 7.43. The van der Waals surface area contributed by atoms with E-state index in [1.54, 1.807) is 13.8 Å². The molecule has 0 spiro atoms. The van der Waals surface area contributed by atoms with Crippen LogP contribution in [0.15, 0.2) is 17.3 Å². The van der Waals surface area contributed by atoms with Gasteiger partial charge in [-0.25, -0.2) is 9.80 Å². The van der Waals surface area contributed by atoms with Crippen LogP contribution in [0.1, 0.15) is 20.8 Å². The molecule has 1 aliphatic heterocycles. The Labute approximate surface area is 94.8 Å². The Morgan fingerprint density at radius 1 is 1.62 bits per heavy atom. The van der Waals surface area contributed by atoms with Gasteiger partial charge in [-0.05, 0) is 20.8 Å². The third kappa shape index (κ3) is 2.68. The quantitative estimate of drug-likeness (QED) is 0.528. The molecule has 0 fully saturated rings. The van der Waals surface area contributed by atoms with Gasteiger partial charge < -0.3 is 4.74 Å². The van der Waals surface area contributed by atoms with E-state index in [0.29, 0.717) is 12.1 Å². The Balaban J connectivity index is 2.38. The predicted molar refractivity (Wildman–Crippen MR) is 59.8 cm³/mol. The minimum Gasteiger partial charge on any atom is -0.460 e. The van der Waals surface area contributed by atoms with Crippen LogP contribution in [0.4, 0.5) is 0 Å². The van der Waals surface area contributed by atoms with E-state index in [0.717, 1.165) is 5.71 Å². The Bertz CT molecular complexity index is 360. The van der Waals surface area contributed by atoms with Crippen molar-refractivity contribution in [2.45, 2.75) is 20.8 Å². The first kappa shape index (κ1) is 12.4. The van der Waals surface area contributed by atoms with Crippen LogP contribution >= 0.6 is 0 Å². The second-order valence-electron chi connectivity index (χ2n) is 3.84. The smallest absolute Gasteiger partial charge is 0.333 e. The number of hydrazone groups is 1. The average molecular weight is 224 g/mol. The SMILES string of the molecule is C=C(C)C(=O)OCCN1N=C(C)C(C)C1=O. The van der Waals surface area contributed by atoms with Crippen molar-refractivity contribution in [2.24, 2.45) is 11.0 Å². The molecular weight excluding hydrogens is 208 g/mol. The van der Waals surface area contributed by atoms with Crippen LogP contribution in [0.3, 0.4) is 0 Å². The third-order valence-electron chi connectivity index (χ3n) is 2.41. The summed E-state index contributed by atoms with van der Waals surface area (Å²) < 4.78 is 4.88. The fraction of sp³-hybridized carbons (Fsp3) is 0.545. The topological polar surface area (TPSA) is 59.0 Å². The van der Waals surface area contributed by atoms with Crippen molar-refractivity contribution < 1.29 is 14.3 Å².